The third kappa shape index (κ3) is 4.57. The van der Waals surface area contributed by atoms with Gasteiger partial charge >= 0.3 is 0 Å². The number of thiazole rings is 1. The lowest BCUT2D eigenvalue weighted by Gasteiger charge is -2.32. The predicted octanol–water partition coefficient (Wildman–Crippen LogP) is 2.75. The number of carbonyl (C=O) groups is 2. The van der Waals surface area contributed by atoms with E-state index in [0.29, 0.717) is 24.6 Å². The van der Waals surface area contributed by atoms with Crippen molar-refractivity contribution in [1.82, 2.24) is 15.3 Å². The van der Waals surface area contributed by atoms with Crippen LogP contribution in [0.5, 0.6) is 5.75 Å². The zero-order valence-electron chi connectivity index (χ0n) is 17.2. The van der Waals surface area contributed by atoms with E-state index in [1.165, 1.54) is 16.2 Å². The van der Waals surface area contributed by atoms with E-state index < -0.39 is 6.10 Å². The predicted molar refractivity (Wildman–Crippen MR) is 118 cm³/mol. The van der Waals surface area contributed by atoms with Crippen molar-refractivity contribution in [3.05, 3.63) is 48.0 Å². The number of amides is 2. The standard InChI is InChI=1S/C22H22N4O4S/c1-14-22(28)26(12-20(27)24-9-10-29-2)18-11-15(6-7-19(18)30-14)17-13-31-21(25-17)16-5-3-4-8-23-16/h3-8,11,13-14H,9-10,12H2,1-2H3,(H,24,27). The lowest BCUT2D eigenvalue weighted by Crippen LogP contribution is -2.49. The highest BCUT2D eigenvalue weighted by Crippen LogP contribution is 2.38. The smallest absolute Gasteiger partial charge is 0.268 e. The number of pyridine rings is 1. The van der Waals surface area contributed by atoms with Crippen LogP contribution in [0.4, 0.5) is 5.69 Å². The van der Waals surface area contributed by atoms with Gasteiger partial charge in [0.05, 0.1) is 23.7 Å². The fourth-order valence-electron chi connectivity index (χ4n) is 3.23. The van der Waals surface area contributed by atoms with E-state index in [0.717, 1.165) is 22.0 Å². The summed E-state index contributed by atoms with van der Waals surface area (Å²) in [6.45, 7) is 2.37. The van der Waals surface area contributed by atoms with Crippen LogP contribution < -0.4 is 15.0 Å². The number of hydrogen-bond acceptors (Lipinski definition) is 7. The summed E-state index contributed by atoms with van der Waals surface area (Å²) >= 11 is 1.50. The van der Waals surface area contributed by atoms with Crippen LogP contribution in [-0.2, 0) is 14.3 Å². The highest BCUT2D eigenvalue weighted by molar-refractivity contribution is 7.13. The zero-order valence-corrected chi connectivity index (χ0v) is 18.0. The lowest BCUT2D eigenvalue weighted by molar-refractivity contribution is -0.128. The van der Waals surface area contributed by atoms with Crippen molar-refractivity contribution in [3.63, 3.8) is 0 Å². The second kappa shape index (κ2) is 9.23. The van der Waals surface area contributed by atoms with Crippen LogP contribution in [0.2, 0.25) is 0 Å². The van der Waals surface area contributed by atoms with Gasteiger partial charge in [0.25, 0.3) is 5.91 Å². The van der Waals surface area contributed by atoms with Gasteiger partial charge in [-0.25, -0.2) is 4.98 Å². The van der Waals surface area contributed by atoms with Crippen molar-refractivity contribution in [2.24, 2.45) is 0 Å². The third-order valence-electron chi connectivity index (χ3n) is 4.78. The molecule has 0 spiro atoms. The molecule has 1 aliphatic rings. The van der Waals surface area contributed by atoms with E-state index in [2.05, 4.69) is 15.3 Å². The number of ether oxygens (including phenoxy) is 2. The maximum Gasteiger partial charge on any atom is 0.268 e. The Hall–Kier alpha value is -3.30. The molecule has 1 unspecified atom stereocenters. The summed E-state index contributed by atoms with van der Waals surface area (Å²) < 4.78 is 10.7. The van der Waals surface area contributed by atoms with Crippen molar-refractivity contribution in [2.45, 2.75) is 13.0 Å². The zero-order chi connectivity index (χ0) is 21.8. The Balaban J connectivity index is 1.61. The van der Waals surface area contributed by atoms with Gasteiger partial charge in [-0.05, 0) is 37.3 Å². The number of methoxy groups -OCH3 is 1. The second-order valence-electron chi connectivity index (χ2n) is 6.96. The van der Waals surface area contributed by atoms with E-state index in [9.17, 15) is 9.59 Å². The Bertz CT molecular complexity index is 1090. The Morgan fingerprint density at radius 3 is 2.94 bits per heavy atom. The summed E-state index contributed by atoms with van der Waals surface area (Å²) in [5, 5.41) is 5.50. The van der Waals surface area contributed by atoms with Gasteiger partial charge in [0.15, 0.2) is 6.10 Å². The van der Waals surface area contributed by atoms with Crippen molar-refractivity contribution in [1.29, 1.82) is 0 Å². The van der Waals surface area contributed by atoms with Crippen LogP contribution in [0.15, 0.2) is 48.0 Å². The van der Waals surface area contributed by atoms with Gasteiger partial charge in [-0.1, -0.05) is 6.07 Å². The maximum absolute atomic E-state index is 12.8. The Kier molecular flexibility index (Phi) is 6.24. The van der Waals surface area contributed by atoms with Crippen molar-refractivity contribution in [3.8, 4) is 27.7 Å². The minimum Gasteiger partial charge on any atom is -0.479 e. The Morgan fingerprint density at radius 2 is 2.16 bits per heavy atom. The number of carbonyl (C=O) groups excluding carboxylic acids is 2. The van der Waals surface area contributed by atoms with Crippen LogP contribution >= 0.6 is 11.3 Å². The SMILES string of the molecule is COCCNC(=O)CN1C(=O)C(C)Oc2ccc(-c3csc(-c4ccccn4)n3)cc21. The first kappa shape index (κ1) is 21.0. The van der Waals surface area contributed by atoms with E-state index in [4.69, 9.17) is 9.47 Å². The number of rotatable bonds is 7. The van der Waals surface area contributed by atoms with Crippen LogP contribution in [0.25, 0.3) is 22.0 Å². The summed E-state index contributed by atoms with van der Waals surface area (Å²) in [4.78, 5) is 35.6. The molecule has 0 radical (unpaired) electrons. The molecule has 0 fully saturated rings. The van der Waals surface area contributed by atoms with Gasteiger partial charge in [-0.15, -0.1) is 11.3 Å². The molecule has 2 amide bonds. The number of anilines is 1. The average Bonchev–Trinajstić information content (AvgIpc) is 3.28. The first-order valence-corrected chi connectivity index (χ1v) is 10.7. The molecule has 8 nitrogen and oxygen atoms in total. The molecule has 0 aliphatic carbocycles. The Labute approximate surface area is 183 Å². The molecule has 1 aliphatic heterocycles. The van der Waals surface area contributed by atoms with Crippen LogP contribution in [0, 0.1) is 0 Å². The van der Waals surface area contributed by atoms with Crippen LogP contribution in [0.1, 0.15) is 6.92 Å². The largest absolute Gasteiger partial charge is 0.479 e. The molecule has 0 bridgehead atoms. The quantitative estimate of drug-likeness (QED) is 0.570. The van der Waals surface area contributed by atoms with Crippen molar-refractivity contribution >= 4 is 28.8 Å². The van der Waals surface area contributed by atoms with E-state index in [1.54, 1.807) is 20.2 Å². The average molecular weight is 439 g/mol. The van der Waals surface area contributed by atoms with Crippen LogP contribution in [-0.4, -0.2) is 54.7 Å². The minimum atomic E-state index is -0.667. The number of nitrogens with zero attached hydrogens (tertiary/aromatic N) is 3. The molecule has 3 aromatic rings. The van der Waals surface area contributed by atoms with Gasteiger partial charge in [-0.2, -0.15) is 0 Å². The Morgan fingerprint density at radius 1 is 1.29 bits per heavy atom. The topological polar surface area (TPSA) is 93.7 Å². The molecule has 0 saturated heterocycles. The molecular formula is C22H22N4O4S. The molecular weight excluding hydrogens is 416 g/mol. The van der Waals surface area contributed by atoms with E-state index >= 15 is 0 Å². The number of benzene rings is 1. The number of hydrogen-bond donors (Lipinski definition) is 1. The summed E-state index contributed by atoms with van der Waals surface area (Å²) in [5.74, 6) is 0.0293. The van der Waals surface area contributed by atoms with Crippen molar-refractivity contribution < 1.29 is 19.1 Å². The van der Waals surface area contributed by atoms with Gasteiger partial charge in [0.2, 0.25) is 5.91 Å². The highest BCUT2D eigenvalue weighted by atomic mass is 32.1. The number of nitrogens with one attached hydrogen (secondary N) is 1. The second-order valence-corrected chi connectivity index (χ2v) is 7.82. The molecule has 160 valence electrons. The van der Waals surface area contributed by atoms with Gasteiger partial charge in [0, 0.05) is 30.8 Å². The fourth-order valence-corrected chi connectivity index (χ4v) is 4.04. The van der Waals surface area contributed by atoms with Gasteiger partial charge in [0.1, 0.15) is 17.3 Å². The lowest BCUT2D eigenvalue weighted by atomic mass is 10.1. The fraction of sp³-hybridized carbons (Fsp3) is 0.273. The summed E-state index contributed by atoms with van der Waals surface area (Å²) in [6, 6.07) is 11.2. The normalized spacial score (nSPS) is 15.4. The molecule has 31 heavy (non-hydrogen) atoms. The first-order chi connectivity index (χ1) is 15.1. The van der Waals surface area contributed by atoms with Gasteiger partial charge in [-0.3, -0.25) is 19.5 Å². The minimum absolute atomic E-state index is 0.0943. The van der Waals surface area contributed by atoms with Gasteiger partial charge < -0.3 is 14.8 Å². The molecule has 9 heteroatoms. The summed E-state index contributed by atoms with van der Waals surface area (Å²) in [7, 11) is 1.56. The highest BCUT2D eigenvalue weighted by Gasteiger charge is 2.33. The molecule has 1 atom stereocenters. The third-order valence-corrected chi connectivity index (χ3v) is 5.65. The number of fused-ring (bicyclic) bond motifs is 1. The first-order valence-electron chi connectivity index (χ1n) is 9.82. The van der Waals surface area contributed by atoms with E-state index in [1.807, 2.05) is 41.8 Å². The molecule has 1 N–H and O–H groups in total. The monoisotopic (exact) mass is 438 g/mol. The molecule has 0 saturated carbocycles. The van der Waals surface area contributed by atoms with Crippen LogP contribution in [0.3, 0.4) is 0 Å². The summed E-state index contributed by atoms with van der Waals surface area (Å²) in [6.07, 6.45) is 1.06. The molecule has 1 aromatic carbocycles. The molecule has 2 aromatic heterocycles. The van der Waals surface area contributed by atoms with Crippen molar-refractivity contribution in [2.75, 3.05) is 31.7 Å². The molecule has 4 rings (SSSR count). The molecule has 3 heterocycles. The number of aromatic nitrogens is 2. The maximum atomic E-state index is 12.8. The summed E-state index contributed by atoms with van der Waals surface area (Å²) in [5.41, 5.74) is 2.95. The van der Waals surface area contributed by atoms with E-state index in [-0.39, 0.29) is 18.4 Å².